The summed E-state index contributed by atoms with van der Waals surface area (Å²) in [4.78, 5) is 23.3. The Morgan fingerprint density at radius 3 is 2.55 bits per heavy atom. The summed E-state index contributed by atoms with van der Waals surface area (Å²) in [7, 11) is 1.33. The summed E-state index contributed by atoms with van der Waals surface area (Å²) in [6.45, 7) is 0. The Balaban J connectivity index is 1.86. The molecule has 1 aliphatic carbocycles. The molecular formula is C15H18N2O3. The van der Waals surface area contributed by atoms with Crippen LogP contribution >= 0.6 is 0 Å². The van der Waals surface area contributed by atoms with E-state index in [1.807, 2.05) is 0 Å². The molecule has 0 radical (unpaired) electrons. The Morgan fingerprint density at radius 1 is 1.25 bits per heavy atom. The molecule has 0 saturated heterocycles. The van der Waals surface area contributed by atoms with Gasteiger partial charge < -0.3 is 15.4 Å². The van der Waals surface area contributed by atoms with Gasteiger partial charge in [-0.15, -0.1) is 0 Å². The van der Waals surface area contributed by atoms with Gasteiger partial charge in [0.05, 0.1) is 24.9 Å². The van der Waals surface area contributed by atoms with Crippen LogP contribution in [0.1, 0.15) is 30.4 Å². The highest BCUT2D eigenvalue weighted by atomic mass is 16.5. The maximum absolute atomic E-state index is 12.0. The van der Waals surface area contributed by atoms with E-state index in [0.29, 0.717) is 0 Å². The predicted octanol–water partition coefficient (Wildman–Crippen LogP) is 1.86. The molecule has 0 fully saturated rings. The first-order valence-electron chi connectivity index (χ1n) is 6.97. The zero-order valence-electron chi connectivity index (χ0n) is 11.5. The van der Waals surface area contributed by atoms with Crippen molar-refractivity contribution in [2.24, 2.45) is 0 Å². The average Bonchev–Trinajstić information content (AvgIpc) is 2.46. The molecule has 106 valence electrons. The molecule has 1 amide bonds. The van der Waals surface area contributed by atoms with Gasteiger partial charge in [0.25, 0.3) is 0 Å². The summed E-state index contributed by atoms with van der Waals surface area (Å²) in [5.74, 6) is -0.572. The molecule has 1 aromatic carbocycles. The summed E-state index contributed by atoms with van der Waals surface area (Å²) >= 11 is 0. The normalized spacial score (nSPS) is 20.2. The highest BCUT2D eigenvalue weighted by molar-refractivity contribution is 6.04. The van der Waals surface area contributed by atoms with Crippen molar-refractivity contribution >= 4 is 23.3 Å². The van der Waals surface area contributed by atoms with Gasteiger partial charge in [0.2, 0.25) is 5.91 Å². The van der Waals surface area contributed by atoms with Crippen LogP contribution in [-0.2, 0) is 27.2 Å². The van der Waals surface area contributed by atoms with Crippen molar-refractivity contribution in [1.29, 1.82) is 0 Å². The number of hydrogen-bond donors (Lipinski definition) is 2. The number of methoxy groups -OCH3 is 1. The van der Waals surface area contributed by atoms with Crippen molar-refractivity contribution in [2.75, 3.05) is 17.7 Å². The second-order valence-corrected chi connectivity index (χ2v) is 5.34. The number of fused-ring (bicyclic) bond motifs is 2. The van der Waals surface area contributed by atoms with E-state index in [1.54, 1.807) is 0 Å². The summed E-state index contributed by atoms with van der Waals surface area (Å²) in [5, 5.41) is 6.03. The highest BCUT2D eigenvalue weighted by Gasteiger charge is 2.28. The van der Waals surface area contributed by atoms with Crippen LogP contribution in [0.2, 0.25) is 0 Å². The minimum atomic E-state index is -0.559. The van der Waals surface area contributed by atoms with Crippen molar-refractivity contribution in [1.82, 2.24) is 0 Å². The summed E-state index contributed by atoms with van der Waals surface area (Å²) in [5.41, 5.74) is 4.38. The van der Waals surface area contributed by atoms with Crippen LogP contribution in [0.25, 0.3) is 0 Å². The first-order chi connectivity index (χ1) is 9.67. The Bertz CT molecular complexity index is 568. The van der Waals surface area contributed by atoms with Crippen molar-refractivity contribution in [2.45, 2.75) is 38.1 Å². The Morgan fingerprint density at radius 2 is 1.90 bits per heavy atom. The minimum Gasteiger partial charge on any atom is -0.469 e. The van der Waals surface area contributed by atoms with Crippen molar-refractivity contribution in [3.8, 4) is 0 Å². The topological polar surface area (TPSA) is 67.4 Å². The van der Waals surface area contributed by atoms with Crippen LogP contribution in [0.3, 0.4) is 0 Å². The zero-order valence-corrected chi connectivity index (χ0v) is 11.5. The molecule has 0 bridgehead atoms. The molecule has 2 aliphatic rings. The van der Waals surface area contributed by atoms with Crippen LogP contribution in [0.5, 0.6) is 0 Å². The fourth-order valence-electron chi connectivity index (χ4n) is 2.88. The van der Waals surface area contributed by atoms with Crippen LogP contribution < -0.4 is 10.6 Å². The van der Waals surface area contributed by atoms with E-state index in [0.717, 1.165) is 24.2 Å². The number of nitrogens with one attached hydrogen (secondary N) is 2. The van der Waals surface area contributed by atoms with Crippen molar-refractivity contribution in [3.63, 3.8) is 0 Å². The predicted molar refractivity (Wildman–Crippen MR) is 75.8 cm³/mol. The van der Waals surface area contributed by atoms with Gasteiger partial charge in [-0.2, -0.15) is 0 Å². The molecule has 5 nitrogen and oxygen atoms in total. The summed E-state index contributed by atoms with van der Waals surface area (Å²) < 4.78 is 4.62. The largest absolute Gasteiger partial charge is 0.469 e. The van der Waals surface area contributed by atoms with Crippen molar-refractivity contribution < 1.29 is 14.3 Å². The summed E-state index contributed by atoms with van der Waals surface area (Å²) in [6, 6.07) is 3.60. The SMILES string of the molecule is COC(=O)CC1Nc2cc3c(cc2NC1=O)CCCC3. The molecule has 1 aromatic rings. The van der Waals surface area contributed by atoms with E-state index in [9.17, 15) is 9.59 Å². The number of benzene rings is 1. The fraction of sp³-hybridized carbons (Fsp3) is 0.467. The number of aryl methyl sites for hydroxylation is 2. The molecule has 1 unspecified atom stereocenters. The number of hydrogen-bond acceptors (Lipinski definition) is 4. The molecule has 1 heterocycles. The number of carbonyl (C=O) groups excluding carboxylic acids is 2. The van der Waals surface area contributed by atoms with Crippen LogP contribution in [0, 0.1) is 0 Å². The lowest BCUT2D eigenvalue weighted by Crippen LogP contribution is -2.40. The molecule has 0 saturated carbocycles. The minimum absolute atomic E-state index is 0.0405. The van der Waals surface area contributed by atoms with Crippen LogP contribution in [0.15, 0.2) is 12.1 Å². The van der Waals surface area contributed by atoms with E-state index in [4.69, 9.17) is 0 Å². The van der Waals surface area contributed by atoms with E-state index in [2.05, 4.69) is 27.5 Å². The molecular weight excluding hydrogens is 256 g/mol. The lowest BCUT2D eigenvalue weighted by atomic mass is 9.90. The Labute approximate surface area is 117 Å². The van der Waals surface area contributed by atoms with Gasteiger partial charge in [0.15, 0.2) is 0 Å². The van der Waals surface area contributed by atoms with Gasteiger partial charge in [0.1, 0.15) is 6.04 Å². The first kappa shape index (κ1) is 13.0. The van der Waals surface area contributed by atoms with Gasteiger partial charge in [-0.25, -0.2) is 0 Å². The monoisotopic (exact) mass is 274 g/mol. The smallest absolute Gasteiger partial charge is 0.308 e. The van der Waals surface area contributed by atoms with Crippen molar-refractivity contribution in [3.05, 3.63) is 23.3 Å². The highest BCUT2D eigenvalue weighted by Crippen LogP contribution is 2.34. The number of carbonyl (C=O) groups is 2. The van der Waals surface area contributed by atoms with Gasteiger partial charge >= 0.3 is 5.97 Å². The van der Waals surface area contributed by atoms with Gasteiger partial charge in [-0.3, -0.25) is 9.59 Å². The van der Waals surface area contributed by atoms with Gasteiger partial charge in [-0.05, 0) is 48.9 Å². The molecule has 3 rings (SSSR count). The molecule has 2 N–H and O–H groups in total. The van der Waals surface area contributed by atoms with E-state index in [1.165, 1.54) is 31.1 Å². The number of amides is 1. The maximum atomic E-state index is 12.0. The Hall–Kier alpha value is -2.04. The fourth-order valence-corrected chi connectivity index (χ4v) is 2.88. The van der Waals surface area contributed by atoms with E-state index in [-0.39, 0.29) is 18.3 Å². The van der Waals surface area contributed by atoms with Gasteiger partial charge in [-0.1, -0.05) is 0 Å². The third kappa shape index (κ3) is 2.35. The molecule has 1 atom stereocenters. The molecule has 1 aliphatic heterocycles. The second-order valence-electron chi connectivity index (χ2n) is 5.34. The number of rotatable bonds is 2. The lowest BCUT2D eigenvalue weighted by molar-refractivity contribution is -0.142. The molecule has 0 spiro atoms. The second kappa shape index (κ2) is 5.15. The van der Waals surface area contributed by atoms with Crippen LogP contribution in [0.4, 0.5) is 11.4 Å². The number of esters is 1. The molecule has 5 heteroatoms. The maximum Gasteiger partial charge on any atom is 0.308 e. The molecule has 0 aromatic heterocycles. The Kier molecular flexibility index (Phi) is 3.34. The summed E-state index contributed by atoms with van der Waals surface area (Å²) in [6.07, 6.45) is 4.62. The lowest BCUT2D eigenvalue weighted by Gasteiger charge is -2.28. The third-order valence-corrected chi connectivity index (χ3v) is 3.98. The third-order valence-electron chi connectivity index (χ3n) is 3.98. The number of anilines is 2. The standard InChI is InChI=1S/C15H18N2O3/c1-20-14(18)8-13-15(19)17-12-7-10-5-3-2-4-9(10)6-11(12)16-13/h6-7,13,16H,2-5,8H2,1H3,(H,17,19). The van der Waals surface area contributed by atoms with E-state index >= 15 is 0 Å². The first-order valence-corrected chi connectivity index (χ1v) is 6.97. The molecule has 20 heavy (non-hydrogen) atoms. The number of ether oxygens (including phenoxy) is 1. The van der Waals surface area contributed by atoms with E-state index < -0.39 is 6.04 Å². The van der Waals surface area contributed by atoms with Gasteiger partial charge in [0, 0.05) is 0 Å². The van der Waals surface area contributed by atoms with Crippen LogP contribution in [-0.4, -0.2) is 25.0 Å². The quantitative estimate of drug-likeness (QED) is 0.808. The zero-order chi connectivity index (χ0) is 14.1. The average molecular weight is 274 g/mol.